The molecule has 0 spiro atoms. The number of nitrogens with zero attached hydrogens (tertiary/aromatic N) is 3. The van der Waals surface area contributed by atoms with Gasteiger partial charge in [-0.25, -0.2) is 26.4 Å². The molecule has 0 bridgehead atoms. The number of urea groups is 1. The molecule has 3 heterocycles. The molecule has 6 aromatic rings. The first-order chi connectivity index (χ1) is 54.6. The molecule has 23 nitrogen and oxygen atoms in total. The van der Waals surface area contributed by atoms with Crippen LogP contribution in [-0.4, -0.2) is 242 Å². The summed E-state index contributed by atoms with van der Waals surface area (Å²) >= 11 is 38.6. The van der Waals surface area contributed by atoms with Gasteiger partial charge in [0, 0.05) is 152 Å². The summed E-state index contributed by atoms with van der Waals surface area (Å²) in [6, 6.07) is 33.8. The van der Waals surface area contributed by atoms with Crippen molar-refractivity contribution < 1.29 is 69.1 Å². The molecule has 3 aliphatic heterocycles. The zero-order valence-corrected chi connectivity index (χ0v) is 71.3. The molecule has 0 saturated heterocycles. The summed E-state index contributed by atoms with van der Waals surface area (Å²) in [5.74, 6) is 0.263. The molecule has 31 heteroatoms. The summed E-state index contributed by atoms with van der Waals surface area (Å²) in [5.41, 5.74) is 16.1. The number of sulfone groups is 1. The zero-order chi connectivity index (χ0) is 80.8. The van der Waals surface area contributed by atoms with Gasteiger partial charge in [0.15, 0.2) is 9.84 Å². The summed E-state index contributed by atoms with van der Waals surface area (Å²) in [5, 5.41) is 12.8. The van der Waals surface area contributed by atoms with E-state index in [1.807, 2.05) is 44.4 Å². The van der Waals surface area contributed by atoms with Crippen LogP contribution < -0.4 is 26.4 Å². The highest BCUT2D eigenvalue weighted by Gasteiger charge is 2.32. The molecule has 9 rings (SSSR count). The molecule has 6 aromatic carbocycles. The monoisotopic (exact) mass is 1720 g/mol. The van der Waals surface area contributed by atoms with Crippen molar-refractivity contribution in [1.29, 1.82) is 0 Å². The molecule has 3 unspecified atom stereocenters. The first kappa shape index (κ1) is 93.8. The fraction of sp³-hybridized carbons (Fsp3) is 0.537. The number of unbranched alkanes of at least 4 members (excludes halogenated alkanes) is 2. The fourth-order valence-electron chi connectivity index (χ4n) is 13.6. The number of amides is 2. The molecular formula is C82H112Cl6N8O15S2. The van der Waals surface area contributed by atoms with E-state index >= 15 is 0 Å². The van der Waals surface area contributed by atoms with Crippen LogP contribution in [0.2, 0.25) is 30.1 Å². The first-order valence-corrected chi connectivity index (χ1v) is 44.1. The van der Waals surface area contributed by atoms with Gasteiger partial charge in [0.1, 0.15) is 5.78 Å². The Hall–Kier alpha value is -4.70. The van der Waals surface area contributed by atoms with Crippen molar-refractivity contribution in [2.75, 3.05) is 198 Å². The minimum Gasteiger partial charge on any atom is -0.379 e. The maximum absolute atomic E-state index is 13.3. The van der Waals surface area contributed by atoms with Crippen molar-refractivity contribution in [3.63, 3.8) is 0 Å². The zero-order valence-electron chi connectivity index (χ0n) is 65.1. The molecule has 0 radical (unpaired) electrons. The Morgan fingerprint density at radius 3 is 1.32 bits per heavy atom. The molecule has 2 amide bonds. The normalized spacial score (nSPS) is 16.0. The third kappa shape index (κ3) is 32.9. The first-order valence-electron chi connectivity index (χ1n) is 38.7. The molecule has 0 aromatic heterocycles. The van der Waals surface area contributed by atoms with Gasteiger partial charge < -0.3 is 79.0 Å². The Morgan fingerprint density at radius 2 is 0.823 bits per heavy atom. The van der Waals surface area contributed by atoms with Gasteiger partial charge in [-0.1, -0.05) is 125 Å². The second-order valence-corrected chi connectivity index (χ2v) is 34.6. The highest BCUT2D eigenvalue weighted by molar-refractivity contribution is 7.91. The Kier molecular flexibility index (Phi) is 42.3. The quantitative estimate of drug-likeness (QED) is 0.0222. The lowest BCUT2D eigenvalue weighted by atomic mass is 9.84. The molecule has 6 N–H and O–H groups in total. The van der Waals surface area contributed by atoms with E-state index in [0.717, 1.165) is 90.4 Å². The van der Waals surface area contributed by atoms with E-state index in [0.29, 0.717) is 196 Å². The highest BCUT2D eigenvalue weighted by atomic mass is 35.5. The largest absolute Gasteiger partial charge is 0.379 e. The predicted octanol–water partition coefficient (Wildman–Crippen LogP) is 12.6. The van der Waals surface area contributed by atoms with Gasteiger partial charge in [0.25, 0.3) is 0 Å². The molecule has 624 valence electrons. The number of nitrogens with one attached hydrogen (secondary N) is 4. The summed E-state index contributed by atoms with van der Waals surface area (Å²) in [6.07, 6.45) is 4.28. The van der Waals surface area contributed by atoms with Gasteiger partial charge in [-0.2, -0.15) is 0 Å². The predicted molar refractivity (Wildman–Crippen MR) is 447 cm³/mol. The van der Waals surface area contributed by atoms with Crippen molar-refractivity contribution >= 4 is 101 Å². The second-order valence-electron chi connectivity index (χ2n) is 28.2. The Labute approximate surface area is 698 Å². The molecule has 0 saturated carbocycles. The van der Waals surface area contributed by atoms with E-state index in [9.17, 15) is 26.4 Å². The fourth-order valence-corrected chi connectivity index (χ4v) is 17.8. The number of benzene rings is 6. The molecule has 113 heavy (non-hydrogen) atoms. The summed E-state index contributed by atoms with van der Waals surface area (Å²) in [4.78, 5) is 31.5. The number of ether oxygens (including phenoxy) is 9. The Balaban J connectivity index is 0.000000402. The van der Waals surface area contributed by atoms with Crippen molar-refractivity contribution in [2.45, 2.75) is 98.7 Å². The van der Waals surface area contributed by atoms with E-state index in [2.05, 4.69) is 72.8 Å². The van der Waals surface area contributed by atoms with Crippen LogP contribution in [0.25, 0.3) is 0 Å². The third-order valence-electron chi connectivity index (χ3n) is 19.2. The van der Waals surface area contributed by atoms with Crippen molar-refractivity contribution in [3.8, 4) is 0 Å². The average Bonchev–Trinajstić information content (AvgIpc) is 0.789. The van der Waals surface area contributed by atoms with Crippen LogP contribution in [-0.2, 0) is 93.5 Å². The number of ketones is 1. The Morgan fingerprint density at radius 1 is 0.425 bits per heavy atom. The number of carbonyl (C=O) groups excluding carboxylic acids is 2. The minimum atomic E-state index is -3.78. The molecule has 3 atom stereocenters. The van der Waals surface area contributed by atoms with Crippen LogP contribution in [0.4, 0.5) is 4.79 Å². The van der Waals surface area contributed by atoms with Crippen molar-refractivity contribution in [2.24, 2.45) is 5.73 Å². The van der Waals surface area contributed by atoms with E-state index < -0.39 is 19.9 Å². The number of rotatable bonds is 51. The van der Waals surface area contributed by atoms with Crippen molar-refractivity contribution in [1.82, 2.24) is 35.4 Å². The number of hydrogen-bond acceptors (Lipinski definition) is 20. The van der Waals surface area contributed by atoms with E-state index in [4.69, 9.17) is 118 Å². The lowest BCUT2D eigenvalue weighted by molar-refractivity contribution is -0.119. The lowest BCUT2D eigenvalue weighted by Gasteiger charge is -2.33. The summed E-state index contributed by atoms with van der Waals surface area (Å²) < 4.78 is 105. The average molecular weight is 1730 g/mol. The van der Waals surface area contributed by atoms with Crippen LogP contribution in [0.3, 0.4) is 0 Å². The van der Waals surface area contributed by atoms with Gasteiger partial charge in [0.05, 0.1) is 121 Å². The lowest BCUT2D eigenvalue weighted by Crippen LogP contribution is -2.37. The standard InChI is InChI=1S/C57H77Cl4N5O12S2.C25H35Cl2N3O3/c1-65-38-51(49-34-44(58)36-55(60)53(49)40-65)42-10-6-14-47(32-42)79(69,70)31-9-20-74-24-28-77-27-23-73-19-8-13-46(67)12-4-3-5-16-62-57(68)63-17-21-75-25-29-78-30-26-76-22-18-64-80(71,72)48-15-7-11-43(33-48)52-39-66(2)41-54-50(52)35-45(59)37-56(54)61;1-30-17-23(22-14-21(26)15-25(27)24(22)18-30)20-4-2-3-19(13-20)16-29-6-8-32-10-12-33-11-9-31-7-5-28/h6-7,10-11,14-15,32-37,51-52,64H,3-5,8-9,12-13,16-31,38-41H2,1-2H3,(H2,62,63,68);2-4,13-15,23,29H,5-12,16-18,28H2,1H3. The van der Waals surface area contributed by atoms with Gasteiger partial charge in [-0.05, 0) is 163 Å². The van der Waals surface area contributed by atoms with Gasteiger partial charge in [0.2, 0.25) is 10.0 Å². The van der Waals surface area contributed by atoms with Crippen molar-refractivity contribution in [3.05, 3.63) is 195 Å². The van der Waals surface area contributed by atoms with Crippen LogP contribution in [0.5, 0.6) is 0 Å². The molecule has 0 fully saturated rings. The van der Waals surface area contributed by atoms with Crippen LogP contribution in [0.15, 0.2) is 119 Å². The smallest absolute Gasteiger partial charge is 0.314 e. The van der Waals surface area contributed by atoms with Crippen LogP contribution in [0.1, 0.15) is 118 Å². The third-order valence-corrected chi connectivity index (χ3v) is 24.1. The molecular weight excluding hydrogens is 1610 g/mol. The van der Waals surface area contributed by atoms with Crippen LogP contribution in [0, 0.1) is 0 Å². The summed E-state index contributed by atoms with van der Waals surface area (Å²) in [6.45, 7) is 15.2. The van der Waals surface area contributed by atoms with E-state index in [1.165, 1.54) is 22.3 Å². The number of fused-ring (bicyclic) bond motifs is 3. The number of carbonyl (C=O) groups is 2. The SMILES string of the molecule is CN1Cc2c(Cl)cc(Cl)cc2C(c2cccc(CNCCOCCOCCOCCN)c2)C1.CN1Cc2c(Cl)cc(Cl)cc2C(c2cccc(S(=O)(=O)CCCOCCOCCOCCCC(=O)CCCCCNC(=O)NCCOCCOCCOCCNS(=O)(=O)c3cccc(C4CN(C)Cc5c(Cl)cc(Cl)cc54)c3)c2)C1. The number of hydrogen-bond donors (Lipinski definition) is 5. The topological polar surface area (TPSA) is 269 Å². The maximum atomic E-state index is 13.3. The highest BCUT2D eigenvalue weighted by Crippen LogP contribution is 2.42. The molecule has 0 aliphatic carbocycles. The Bertz CT molecular complexity index is 3960. The number of nitrogens with two attached hydrogens (primary N) is 1. The minimum absolute atomic E-state index is 0.0325. The van der Waals surface area contributed by atoms with Gasteiger partial charge in [-0.3, -0.25) is 4.79 Å². The van der Waals surface area contributed by atoms with Gasteiger partial charge >= 0.3 is 6.03 Å². The van der Waals surface area contributed by atoms with E-state index in [1.54, 1.807) is 48.5 Å². The molecule has 3 aliphatic rings. The number of Topliss-reactive ketones (excluding diaryl/α,β-unsaturated/α-hetero) is 1. The maximum Gasteiger partial charge on any atom is 0.314 e. The number of halogens is 6. The number of likely N-dealkylation sites (N-methyl/N-ethyl adjacent to an activating group) is 3. The number of sulfonamides is 1. The van der Waals surface area contributed by atoms with Gasteiger partial charge in [-0.15, -0.1) is 0 Å². The van der Waals surface area contributed by atoms with E-state index in [-0.39, 0.29) is 64.9 Å². The second kappa shape index (κ2) is 50.9. The van der Waals surface area contributed by atoms with Crippen LogP contribution >= 0.6 is 69.6 Å². The summed E-state index contributed by atoms with van der Waals surface area (Å²) in [7, 11) is -1.14.